The highest BCUT2D eigenvalue weighted by Crippen LogP contribution is 2.36. The van der Waals surface area contributed by atoms with Gasteiger partial charge in [-0.1, -0.05) is 23.8 Å². The average Bonchev–Trinajstić information content (AvgIpc) is 2.29. The molecule has 0 heterocycles. The summed E-state index contributed by atoms with van der Waals surface area (Å²) in [7, 11) is 1.59. The quantitative estimate of drug-likeness (QED) is 0.879. The van der Waals surface area contributed by atoms with Crippen LogP contribution < -0.4 is 15.2 Å². The summed E-state index contributed by atoms with van der Waals surface area (Å²) in [5, 5.41) is 0.538. The summed E-state index contributed by atoms with van der Waals surface area (Å²) in [4.78, 5) is 0. The van der Waals surface area contributed by atoms with Crippen LogP contribution in [0.2, 0.25) is 5.02 Å². The van der Waals surface area contributed by atoms with Crippen LogP contribution in [0.25, 0.3) is 6.08 Å². The molecule has 94 valence electrons. The average molecular weight is 256 g/mol. The van der Waals surface area contributed by atoms with E-state index in [0.717, 1.165) is 5.56 Å². The van der Waals surface area contributed by atoms with Crippen molar-refractivity contribution in [2.45, 2.75) is 19.9 Å². The van der Waals surface area contributed by atoms with Crippen LogP contribution in [0, 0.1) is 0 Å². The van der Waals surface area contributed by atoms with Crippen LogP contribution in [0.3, 0.4) is 0 Å². The fraction of sp³-hybridized carbons (Fsp3) is 0.385. The van der Waals surface area contributed by atoms with Gasteiger partial charge < -0.3 is 15.2 Å². The molecule has 0 aliphatic carbocycles. The third kappa shape index (κ3) is 3.95. The first-order valence-corrected chi connectivity index (χ1v) is 5.90. The lowest BCUT2D eigenvalue weighted by molar-refractivity contribution is 0.311. The van der Waals surface area contributed by atoms with Crippen molar-refractivity contribution < 1.29 is 9.47 Å². The second-order valence-electron chi connectivity index (χ2n) is 3.69. The molecule has 0 aliphatic rings. The van der Waals surface area contributed by atoms with Gasteiger partial charge in [-0.3, -0.25) is 0 Å². The minimum atomic E-state index is 0.00587. The van der Waals surface area contributed by atoms with Gasteiger partial charge in [-0.25, -0.2) is 0 Å². The maximum atomic E-state index is 6.14. The van der Waals surface area contributed by atoms with Crippen molar-refractivity contribution in [1.82, 2.24) is 0 Å². The largest absolute Gasteiger partial charge is 0.493 e. The smallest absolute Gasteiger partial charge is 0.179 e. The first kappa shape index (κ1) is 13.9. The van der Waals surface area contributed by atoms with Gasteiger partial charge in [-0.15, -0.1) is 0 Å². The van der Waals surface area contributed by atoms with Gasteiger partial charge in [0.25, 0.3) is 0 Å². The number of hydrogen-bond donors (Lipinski definition) is 1. The number of ether oxygens (including phenoxy) is 2. The van der Waals surface area contributed by atoms with E-state index in [4.69, 9.17) is 26.8 Å². The molecule has 1 unspecified atom stereocenters. The molecular formula is C13H18ClNO2. The highest BCUT2D eigenvalue weighted by Gasteiger charge is 2.10. The van der Waals surface area contributed by atoms with Crippen molar-refractivity contribution in [2.75, 3.05) is 13.7 Å². The van der Waals surface area contributed by atoms with Crippen molar-refractivity contribution in [2.24, 2.45) is 5.73 Å². The summed E-state index contributed by atoms with van der Waals surface area (Å²) in [5.41, 5.74) is 6.59. The molecule has 1 aromatic rings. The van der Waals surface area contributed by atoms with Crippen molar-refractivity contribution >= 4 is 17.7 Å². The van der Waals surface area contributed by atoms with E-state index in [1.54, 1.807) is 7.11 Å². The summed E-state index contributed by atoms with van der Waals surface area (Å²) >= 11 is 6.14. The van der Waals surface area contributed by atoms with Gasteiger partial charge in [0.05, 0.1) is 18.7 Å². The highest BCUT2D eigenvalue weighted by molar-refractivity contribution is 6.32. The lowest BCUT2D eigenvalue weighted by atomic mass is 10.1. The molecule has 0 saturated heterocycles. The van der Waals surface area contributed by atoms with Crippen LogP contribution in [0.4, 0.5) is 0 Å². The van der Waals surface area contributed by atoms with E-state index in [1.165, 1.54) is 0 Å². The van der Waals surface area contributed by atoms with Crippen molar-refractivity contribution in [3.05, 3.63) is 28.8 Å². The van der Waals surface area contributed by atoms with Crippen LogP contribution in [0.5, 0.6) is 11.5 Å². The highest BCUT2D eigenvalue weighted by atomic mass is 35.5. The Balaban J connectivity index is 3.08. The Kier molecular flexibility index (Phi) is 5.32. The summed E-state index contributed by atoms with van der Waals surface area (Å²) in [5.74, 6) is 1.21. The Morgan fingerprint density at radius 2 is 2.18 bits per heavy atom. The molecule has 0 bridgehead atoms. The zero-order valence-corrected chi connectivity index (χ0v) is 11.1. The fourth-order valence-corrected chi connectivity index (χ4v) is 1.66. The zero-order valence-electron chi connectivity index (χ0n) is 10.4. The number of hydrogen-bond acceptors (Lipinski definition) is 3. The topological polar surface area (TPSA) is 44.5 Å². The molecular weight excluding hydrogens is 238 g/mol. The molecule has 2 N–H and O–H groups in total. The van der Waals surface area contributed by atoms with Gasteiger partial charge in [0.15, 0.2) is 11.5 Å². The van der Waals surface area contributed by atoms with Gasteiger partial charge in [-0.05, 0) is 31.5 Å². The molecule has 1 atom stereocenters. The van der Waals surface area contributed by atoms with Crippen molar-refractivity contribution in [1.29, 1.82) is 0 Å². The Bertz CT molecular complexity index is 403. The molecule has 1 rings (SSSR count). The molecule has 4 heteroatoms. The number of nitrogens with two attached hydrogens (primary N) is 1. The van der Waals surface area contributed by atoms with E-state index >= 15 is 0 Å². The predicted octanol–water partition coefficient (Wildman–Crippen LogP) is 3.11. The maximum absolute atomic E-state index is 6.14. The molecule has 0 saturated carbocycles. The molecule has 0 aromatic heterocycles. The van der Waals surface area contributed by atoms with Crippen LogP contribution in [-0.2, 0) is 0 Å². The van der Waals surface area contributed by atoms with E-state index in [0.29, 0.717) is 23.1 Å². The summed E-state index contributed by atoms with van der Waals surface area (Å²) in [6.45, 7) is 4.36. The number of benzene rings is 1. The monoisotopic (exact) mass is 255 g/mol. The second kappa shape index (κ2) is 6.52. The van der Waals surface area contributed by atoms with Gasteiger partial charge in [0.1, 0.15) is 0 Å². The molecule has 0 fully saturated rings. The van der Waals surface area contributed by atoms with Crippen molar-refractivity contribution in [3.63, 3.8) is 0 Å². The van der Waals surface area contributed by atoms with Crippen LogP contribution in [0.1, 0.15) is 19.4 Å². The molecule has 17 heavy (non-hydrogen) atoms. The molecule has 3 nitrogen and oxygen atoms in total. The Morgan fingerprint density at radius 3 is 2.71 bits per heavy atom. The third-order valence-corrected chi connectivity index (χ3v) is 2.41. The zero-order chi connectivity index (χ0) is 12.8. The van der Waals surface area contributed by atoms with Gasteiger partial charge in [0.2, 0.25) is 0 Å². The standard InChI is InChI=1S/C13H18ClNO2/c1-4-17-13-11(14)7-10(6-5-9(2)15)8-12(13)16-3/h5-9H,4,15H2,1-3H3/b6-5+. The van der Waals surface area contributed by atoms with E-state index in [2.05, 4.69) is 0 Å². The normalized spacial score (nSPS) is 12.8. The van der Waals surface area contributed by atoms with Crippen LogP contribution >= 0.6 is 11.6 Å². The second-order valence-corrected chi connectivity index (χ2v) is 4.09. The minimum absolute atomic E-state index is 0.00587. The number of methoxy groups -OCH3 is 1. The lowest BCUT2D eigenvalue weighted by Crippen LogP contribution is -2.09. The molecule has 0 aliphatic heterocycles. The van der Waals surface area contributed by atoms with Crippen LogP contribution in [0.15, 0.2) is 18.2 Å². The first-order chi connectivity index (χ1) is 8.08. The van der Waals surface area contributed by atoms with E-state index in [9.17, 15) is 0 Å². The van der Waals surface area contributed by atoms with Gasteiger partial charge >= 0.3 is 0 Å². The van der Waals surface area contributed by atoms with Gasteiger partial charge in [-0.2, -0.15) is 0 Å². The summed E-state index contributed by atoms with van der Waals surface area (Å²) in [6.07, 6.45) is 3.81. The Morgan fingerprint density at radius 1 is 1.47 bits per heavy atom. The molecule has 0 radical (unpaired) electrons. The lowest BCUT2D eigenvalue weighted by Gasteiger charge is -2.12. The van der Waals surface area contributed by atoms with Crippen LogP contribution in [-0.4, -0.2) is 19.8 Å². The SMILES string of the molecule is CCOc1c(Cl)cc(/C=C/C(C)N)cc1OC. The third-order valence-electron chi connectivity index (χ3n) is 2.13. The number of halogens is 1. The summed E-state index contributed by atoms with van der Waals surface area (Å²) in [6, 6.07) is 3.70. The van der Waals surface area contributed by atoms with E-state index in [1.807, 2.05) is 38.1 Å². The molecule has 0 amide bonds. The fourth-order valence-electron chi connectivity index (χ4n) is 1.38. The van der Waals surface area contributed by atoms with Gasteiger partial charge in [0, 0.05) is 6.04 Å². The maximum Gasteiger partial charge on any atom is 0.179 e. The number of rotatable bonds is 5. The minimum Gasteiger partial charge on any atom is -0.493 e. The molecule has 1 aromatic carbocycles. The van der Waals surface area contributed by atoms with E-state index in [-0.39, 0.29) is 6.04 Å². The predicted molar refractivity (Wildman–Crippen MR) is 71.9 cm³/mol. The molecule has 0 spiro atoms. The van der Waals surface area contributed by atoms with E-state index < -0.39 is 0 Å². The Labute approximate surface area is 107 Å². The van der Waals surface area contributed by atoms with Crippen molar-refractivity contribution in [3.8, 4) is 11.5 Å². The first-order valence-electron chi connectivity index (χ1n) is 5.52. The summed E-state index contributed by atoms with van der Waals surface area (Å²) < 4.78 is 10.7. The Hall–Kier alpha value is -1.19.